The summed E-state index contributed by atoms with van der Waals surface area (Å²) in [6.07, 6.45) is 10.1. The molecule has 0 aromatic heterocycles. The lowest BCUT2D eigenvalue weighted by Crippen LogP contribution is -2.46. The zero-order valence-corrected chi connectivity index (χ0v) is 12.7. The fourth-order valence-electron chi connectivity index (χ4n) is 2.39. The molecule has 1 atom stereocenters. The molecule has 0 aliphatic heterocycles. The fraction of sp³-hybridized carbons (Fsp3) is 1.00. The third-order valence-corrected chi connectivity index (χ3v) is 3.53. The summed E-state index contributed by atoms with van der Waals surface area (Å²) in [5.41, 5.74) is 0. The van der Waals surface area contributed by atoms with Gasteiger partial charge in [0.25, 0.3) is 0 Å². The van der Waals surface area contributed by atoms with Gasteiger partial charge >= 0.3 is 0 Å². The first-order valence-electron chi connectivity index (χ1n) is 7.62. The minimum Gasteiger partial charge on any atom is -0.393 e. The van der Waals surface area contributed by atoms with Gasteiger partial charge in [0.2, 0.25) is 0 Å². The minimum absolute atomic E-state index is 0.126. The lowest BCUT2D eigenvalue weighted by molar-refractivity contribution is -0.893. The summed E-state index contributed by atoms with van der Waals surface area (Å²) in [5.74, 6) is 0. The van der Waals surface area contributed by atoms with E-state index in [0.29, 0.717) is 6.54 Å². The van der Waals surface area contributed by atoms with Crippen molar-refractivity contribution in [2.75, 3.05) is 33.8 Å². The molecule has 0 unspecified atom stereocenters. The molecule has 0 amide bonds. The van der Waals surface area contributed by atoms with Crippen molar-refractivity contribution in [2.45, 2.75) is 64.4 Å². The number of aliphatic hydroxyl groups excluding tert-OH is 2. The molecule has 18 heavy (non-hydrogen) atoms. The van der Waals surface area contributed by atoms with Crippen molar-refractivity contribution in [3.63, 3.8) is 0 Å². The Hall–Kier alpha value is -0.120. The topological polar surface area (TPSA) is 40.5 Å². The van der Waals surface area contributed by atoms with Gasteiger partial charge in [-0.3, -0.25) is 0 Å². The van der Waals surface area contributed by atoms with Gasteiger partial charge in [-0.1, -0.05) is 45.4 Å². The average Bonchev–Trinajstić information content (AvgIpc) is 2.31. The molecule has 0 radical (unpaired) electrons. The molecule has 0 aliphatic carbocycles. The maximum Gasteiger partial charge on any atom is 0.126 e. The second-order valence-corrected chi connectivity index (χ2v) is 6.15. The van der Waals surface area contributed by atoms with Crippen LogP contribution in [-0.2, 0) is 0 Å². The Bertz CT molecular complexity index is 183. The van der Waals surface area contributed by atoms with Crippen molar-refractivity contribution in [3.05, 3.63) is 0 Å². The molecule has 0 spiro atoms. The third kappa shape index (κ3) is 11.0. The smallest absolute Gasteiger partial charge is 0.126 e. The van der Waals surface area contributed by atoms with Crippen molar-refractivity contribution >= 4 is 0 Å². The van der Waals surface area contributed by atoms with Gasteiger partial charge in [-0.15, -0.1) is 0 Å². The second-order valence-electron chi connectivity index (χ2n) is 6.15. The summed E-state index contributed by atoms with van der Waals surface area (Å²) in [6, 6.07) is 0. The van der Waals surface area contributed by atoms with E-state index in [1.807, 2.05) is 0 Å². The van der Waals surface area contributed by atoms with Gasteiger partial charge in [0, 0.05) is 0 Å². The Morgan fingerprint density at radius 3 is 1.89 bits per heavy atom. The summed E-state index contributed by atoms with van der Waals surface area (Å²) in [5, 5.41) is 18.3. The number of rotatable bonds is 12. The number of aliphatic hydroxyl groups is 2. The molecule has 0 rings (SSSR count). The molecular formula is C15H34NO2+. The van der Waals surface area contributed by atoms with Crippen LogP contribution in [0.4, 0.5) is 0 Å². The van der Waals surface area contributed by atoms with Crippen LogP contribution in [0.3, 0.4) is 0 Å². The predicted molar refractivity (Wildman–Crippen MR) is 77.5 cm³/mol. The molecule has 3 heteroatoms. The average molecular weight is 260 g/mol. The van der Waals surface area contributed by atoms with Crippen LogP contribution in [0, 0.1) is 0 Å². The molecule has 0 bridgehead atoms. The SMILES string of the molecule is CCCCCCCCCC[N+](C)(C)C[C@@H](O)CO. The summed E-state index contributed by atoms with van der Waals surface area (Å²) < 4.78 is 0.803. The van der Waals surface area contributed by atoms with Crippen LogP contribution in [0.15, 0.2) is 0 Å². The molecule has 0 aromatic carbocycles. The number of hydrogen-bond acceptors (Lipinski definition) is 2. The number of hydrogen-bond donors (Lipinski definition) is 2. The van der Waals surface area contributed by atoms with Crippen LogP contribution >= 0.6 is 0 Å². The quantitative estimate of drug-likeness (QED) is 0.418. The summed E-state index contributed by atoms with van der Waals surface area (Å²) in [6.45, 7) is 3.86. The lowest BCUT2D eigenvalue weighted by Gasteiger charge is -2.31. The first kappa shape index (κ1) is 17.9. The highest BCUT2D eigenvalue weighted by molar-refractivity contribution is 4.51. The molecule has 0 aliphatic rings. The molecule has 2 N–H and O–H groups in total. The molecule has 0 saturated heterocycles. The van der Waals surface area contributed by atoms with E-state index >= 15 is 0 Å². The van der Waals surface area contributed by atoms with Crippen LogP contribution < -0.4 is 0 Å². The van der Waals surface area contributed by atoms with Crippen LogP contribution in [0.25, 0.3) is 0 Å². The Morgan fingerprint density at radius 1 is 0.889 bits per heavy atom. The van der Waals surface area contributed by atoms with Crippen molar-refractivity contribution in [3.8, 4) is 0 Å². The van der Waals surface area contributed by atoms with Crippen molar-refractivity contribution in [1.29, 1.82) is 0 Å². The summed E-state index contributed by atoms with van der Waals surface area (Å²) in [7, 11) is 4.25. The van der Waals surface area contributed by atoms with E-state index in [0.717, 1.165) is 11.0 Å². The van der Waals surface area contributed by atoms with Crippen LogP contribution in [-0.4, -0.2) is 54.6 Å². The van der Waals surface area contributed by atoms with Crippen LogP contribution in [0.2, 0.25) is 0 Å². The van der Waals surface area contributed by atoms with Crippen molar-refractivity contribution in [1.82, 2.24) is 0 Å². The largest absolute Gasteiger partial charge is 0.393 e. The van der Waals surface area contributed by atoms with Gasteiger partial charge < -0.3 is 14.7 Å². The molecule has 110 valence electrons. The first-order chi connectivity index (χ1) is 8.52. The maximum atomic E-state index is 9.45. The summed E-state index contributed by atoms with van der Waals surface area (Å²) in [4.78, 5) is 0. The highest BCUT2D eigenvalue weighted by Gasteiger charge is 2.19. The minimum atomic E-state index is -0.575. The number of quaternary nitrogens is 1. The zero-order chi connectivity index (χ0) is 13.9. The van der Waals surface area contributed by atoms with Crippen molar-refractivity contribution in [2.24, 2.45) is 0 Å². The molecule has 0 aromatic rings. The molecule has 3 nitrogen and oxygen atoms in total. The molecular weight excluding hydrogens is 226 g/mol. The van der Waals surface area contributed by atoms with Crippen LogP contribution in [0.5, 0.6) is 0 Å². The molecule has 0 heterocycles. The maximum absolute atomic E-state index is 9.45. The fourth-order valence-corrected chi connectivity index (χ4v) is 2.39. The van der Waals surface area contributed by atoms with Gasteiger partial charge in [-0.25, -0.2) is 0 Å². The number of nitrogens with zero attached hydrogens (tertiary/aromatic N) is 1. The zero-order valence-electron chi connectivity index (χ0n) is 12.7. The number of unbranched alkanes of at least 4 members (excludes halogenated alkanes) is 7. The molecule has 0 fully saturated rings. The normalized spacial score (nSPS) is 13.8. The van der Waals surface area contributed by atoms with E-state index < -0.39 is 6.10 Å². The van der Waals surface area contributed by atoms with E-state index in [1.54, 1.807) is 0 Å². The van der Waals surface area contributed by atoms with Gasteiger partial charge in [0.1, 0.15) is 12.6 Å². The predicted octanol–water partition coefficient (Wildman–Crippen LogP) is 2.56. The van der Waals surface area contributed by atoms with Gasteiger partial charge in [-0.05, 0) is 12.8 Å². The van der Waals surface area contributed by atoms with Crippen molar-refractivity contribution < 1.29 is 14.7 Å². The van der Waals surface area contributed by atoms with E-state index in [2.05, 4.69) is 21.0 Å². The Balaban J connectivity index is 3.41. The third-order valence-electron chi connectivity index (χ3n) is 3.53. The summed E-state index contributed by atoms with van der Waals surface area (Å²) >= 11 is 0. The molecule has 0 saturated carbocycles. The van der Waals surface area contributed by atoms with E-state index in [4.69, 9.17) is 5.11 Å². The highest BCUT2D eigenvalue weighted by Crippen LogP contribution is 2.10. The first-order valence-corrected chi connectivity index (χ1v) is 7.62. The van der Waals surface area contributed by atoms with Crippen LogP contribution in [0.1, 0.15) is 58.3 Å². The standard InChI is InChI=1S/C15H34NO2/c1-4-5-6-7-8-9-10-11-12-16(2,3)13-15(18)14-17/h15,17-18H,4-14H2,1-3H3/q+1/t15-/m1/s1. The monoisotopic (exact) mass is 260 g/mol. The van der Waals surface area contributed by atoms with Gasteiger partial charge in [-0.2, -0.15) is 0 Å². The highest BCUT2D eigenvalue weighted by atomic mass is 16.3. The Morgan fingerprint density at radius 2 is 1.39 bits per heavy atom. The lowest BCUT2D eigenvalue weighted by atomic mass is 10.1. The Labute approximate surface area is 113 Å². The van der Waals surface area contributed by atoms with E-state index in [-0.39, 0.29) is 6.61 Å². The Kier molecular flexibility index (Phi) is 10.7. The van der Waals surface area contributed by atoms with Gasteiger partial charge in [0.15, 0.2) is 0 Å². The number of likely N-dealkylation sites (N-methyl/N-ethyl adjacent to an activating group) is 1. The van der Waals surface area contributed by atoms with E-state index in [9.17, 15) is 5.11 Å². The van der Waals surface area contributed by atoms with Gasteiger partial charge in [0.05, 0.1) is 27.2 Å². The second kappa shape index (κ2) is 10.8. The van der Waals surface area contributed by atoms with E-state index in [1.165, 1.54) is 51.4 Å².